The van der Waals surface area contributed by atoms with Gasteiger partial charge in [0.05, 0.1) is 33.4 Å². The minimum absolute atomic E-state index is 0.0281. The number of benzene rings is 6. The van der Waals surface area contributed by atoms with E-state index in [0.29, 0.717) is 48.7 Å². The average molecular weight is 667 g/mol. The van der Waals surface area contributed by atoms with E-state index in [1.165, 1.54) is 24.3 Å². The molecule has 2 N–H and O–H groups in total. The zero-order valence-electron chi connectivity index (χ0n) is 27.8. The minimum atomic E-state index is -0.430. The lowest BCUT2D eigenvalue weighted by Gasteiger charge is -2.24. The molecule has 8 aromatic rings. The molecule has 6 nitrogen and oxygen atoms in total. The van der Waals surface area contributed by atoms with Crippen LogP contribution in [0.3, 0.4) is 0 Å². The molecule has 0 saturated heterocycles. The summed E-state index contributed by atoms with van der Waals surface area (Å²) in [5.41, 5.74) is 5.29. The van der Waals surface area contributed by atoms with Crippen LogP contribution in [0, 0.1) is 11.6 Å². The van der Waals surface area contributed by atoms with E-state index in [0.717, 1.165) is 43.6 Å². The van der Waals surface area contributed by atoms with Crippen molar-refractivity contribution in [3.05, 3.63) is 144 Å². The highest BCUT2D eigenvalue weighted by atomic mass is 19.1. The van der Waals surface area contributed by atoms with E-state index < -0.39 is 11.6 Å². The van der Waals surface area contributed by atoms with Crippen LogP contribution < -0.4 is 0 Å². The quantitative estimate of drug-likeness (QED) is 0.161. The smallest absolute Gasteiger partial charge is 0.144 e. The molecule has 0 bridgehead atoms. The van der Waals surface area contributed by atoms with Crippen molar-refractivity contribution in [2.24, 2.45) is 0 Å². The molecular weight excluding hydrogens is 630 g/mol. The first-order chi connectivity index (χ1) is 24.3. The van der Waals surface area contributed by atoms with Crippen molar-refractivity contribution in [1.29, 1.82) is 0 Å². The Morgan fingerprint density at radius 2 is 0.780 bits per heavy atom. The topological polar surface area (TPSA) is 56.8 Å². The number of phenolic OH excluding ortho intramolecular Hbond substituents is 2. The second kappa shape index (κ2) is 12.6. The van der Waals surface area contributed by atoms with Crippen LogP contribution in [-0.4, -0.2) is 56.3 Å². The van der Waals surface area contributed by atoms with Gasteiger partial charge in [0.25, 0.3) is 0 Å². The van der Waals surface area contributed by atoms with E-state index in [-0.39, 0.29) is 11.5 Å². The van der Waals surface area contributed by atoms with Crippen LogP contribution in [-0.2, 0) is 13.1 Å². The van der Waals surface area contributed by atoms with Crippen LogP contribution in [0.15, 0.2) is 121 Å². The summed E-state index contributed by atoms with van der Waals surface area (Å²) in [7, 11) is 3.83. The lowest BCUT2D eigenvalue weighted by atomic mass is 10.1. The molecule has 2 aromatic heterocycles. The fourth-order valence-electron chi connectivity index (χ4n) is 7.31. The number of aromatic hydroxyl groups is 2. The number of aromatic nitrogens is 2. The first-order valence-electron chi connectivity index (χ1n) is 16.7. The highest BCUT2D eigenvalue weighted by Crippen LogP contribution is 2.38. The maximum Gasteiger partial charge on any atom is 0.144 e. The Kier molecular flexibility index (Phi) is 7.98. The van der Waals surface area contributed by atoms with E-state index in [4.69, 9.17) is 0 Å². The summed E-state index contributed by atoms with van der Waals surface area (Å²) in [6.45, 7) is 1.77. The maximum atomic E-state index is 15.2. The molecule has 0 aliphatic carbocycles. The largest absolute Gasteiger partial charge is 0.505 e. The van der Waals surface area contributed by atoms with Crippen LogP contribution in [0.4, 0.5) is 8.78 Å². The number of halogens is 2. The van der Waals surface area contributed by atoms with Gasteiger partial charge >= 0.3 is 0 Å². The lowest BCUT2D eigenvalue weighted by molar-refractivity contribution is 0.243. The Balaban J connectivity index is 1.02. The van der Waals surface area contributed by atoms with E-state index in [1.54, 1.807) is 0 Å². The third-order valence-electron chi connectivity index (χ3n) is 9.65. The van der Waals surface area contributed by atoms with Crippen LogP contribution in [0.25, 0.3) is 55.0 Å². The Bertz CT molecular complexity index is 2270. The van der Waals surface area contributed by atoms with Crippen molar-refractivity contribution in [2.45, 2.75) is 13.1 Å². The molecule has 0 spiro atoms. The molecule has 0 amide bonds. The zero-order chi connectivity index (χ0) is 34.5. The first-order valence-corrected chi connectivity index (χ1v) is 16.7. The van der Waals surface area contributed by atoms with E-state index in [1.807, 2.05) is 130 Å². The van der Waals surface area contributed by atoms with Crippen LogP contribution in [0.5, 0.6) is 11.5 Å². The van der Waals surface area contributed by atoms with Gasteiger partial charge in [-0.05, 0) is 50.5 Å². The molecule has 0 aliphatic heterocycles. The van der Waals surface area contributed by atoms with Gasteiger partial charge in [-0.15, -0.1) is 0 Å². The van der Waals surface area contributed by atoms with Gasteiger partial charge in [-0.2, -0.15) is 0 Å². The summed E-state index contributed by atoms with van der Waals surface area (Å²) < 4.78 is 34.2. The maximum absolute atomic E-state index is 15.2. The monoisotopic (exact) mass is 666 g/mol. The summed E-state index contributed by atoms with van der Waals surface area (Å²) in [5.74, 6) is -0.803. The summed E-state index contributed by atoms with van der Waals surface area (Å²) >= 11 is 0. The van der Waals surface area contributed by atoms with E-state index in [2.05, 4.69) is 0 Å². The first kappa shape index (κ1) is 31.6. The van der Waals surface area contributed by atoms with Gasteiger partial charge in [0.2, 0.25) is 0 Å². The lowest BCUT2D eigenvalue weighted by Crippen LogP contribution is -2.30. The van der Waals surface area contributed by atoms with Crippen molar-refractivity contribution >= 4 is 43.6 Å². The molecule has 0 radical (unpaired) electrons. The Labute approximate surface area is 288 Å². The number of hydrogen-bond donors (Lipinski definition) is 2. The van der Waals surface area contributed by atoms with Gasteiger partial charge in [-0.25, -0.2) is 8.78 Å². The van der Waals surface area contributed by atoms with E-state index >= 15 is 8.78 Å². The number of hydrogen-bond acceptors (Lipinski definition) is 4. The predicted octanol–water partition coefficient (Wildman–Crippen LogP) is 9.13. The normalized spacial score (nSPS) is 12.0. The van der Waals surface area contributed by atoms with Crippen molar-refractivity contribution in [1.82, 2.24) is 18.9 Å². The Hall–Kier alpha value is -5.70. The fraction of sp³-hybridized carbons (Fsp3) is 0.143. The van der Waals surface area contributed by atoms with E-state index in [9.17, 15) is 10.2 Å². The summed E-state index contributed by atoms with van der Waals surface area (Å²) in [4.78, 5) is 4.02. The molecule has 8 rings (SSSR count). The SMILES string of the molecule is CN(CCN(C)Cc1cc(F)cc(-n2c3ccccc3c3ccccc32)c1O)Cc1cc(F)cc(-n2c3ccccc3c3ccccc32)c1O. The predicted molar refractivity (Wildman–Crippen MR) is 197 cm³/mol. The van der Waals surface area contributed by atoms with Crippen molar-refractivity contribution < 1.29 is 19.0 Å². The van der Waals surface area contributed by atoms with Gasteiger partial charge in [-0.1, -0.05) is 72.8 Å². The van der Waals surface area contributed by atoms with Gasteiger partial charge in [0.15, 0.2) is 0 Å². The average Bonchev–Trinajstić information content (AvgIpc) is 3.63. The molecule has 0 unspecified atom stereocenters. The molecule has 8 heteroatoms. The summed E-state index contributed by atoms with van der Waals surface area (Å²) in [5, 5.41) is 27.2. The Morgan fingerprint density at radius 3 is 1.10 bits per heavy atom. The number of para-hydroxylation sites is 4. The molecule has 0 fully saturated rings. The zero-order valence-corrected chi connectivity index (χ0v) is 27.8. The molecule has 50 heavy (non-hydrogen) atoms. The Morgan fingerprint density at radius 1 is 0.480 bits per heavy atom. The van der Waals surface area contributed by atoms with Crippen molar-refractivity contribution in [3.63, 3.8) is 0 Å². The van der Waals surface area contributed by atoms with Gasteiger partial charge in [-0.3, -0.25) is 0 Å². The molecule has 0 saturated carbocycles. The van der Waals surface area contributed by atoms with Gasteiger partial charge < -0.3 is 29.1 Å². The van der Waals surface area contributed by atoms with Gasteiger partial charge in [0, 0.05) is 71.0 Å². The molecule has 250 valence electrons. The number of likely N-dealkylation sites (N-methyl/N-ethyl adjacent to an activating group) is 2. The second-order valence-corrected chi connectivity index (χ2v) is 13.1. The molecule has 6 aromatic carbocycles. The number of nitrogens with zero attached hydrogens (tertiary/aromatic N) is 4. The van der Waals surface area contributed by atoms with Crippen LogP contribution >= 0.6 is 0 Å². The van der Waals surface area contributed by atoms with Crippen molar-refractivity contribution in [3.8, 4) is 22.9 Å². The highest BCUT2D eigenvalue weighted by molar-refractivity contribution is 6.10. The third kappa shape index (κ3) is 5.43. The molecule has 0 aliphatic rings. The fourth-order valence-corrected chi connectivity index (χ4v) is 7.31. The summed E-state index contributed by atoms with van der Waals surface area (Å²) in [6.07, 6.45) is 0. The number of phenols is 2. The second-order valence-electron chi connectivity index (χ2n) is 13.1. The molecule has 2 heterocycles. The third-order valence-corrected chi connectivity index (χ3v) is 9.65. The van der Waals surface area contributed by atoms with Crippen LogP contribution in [0.2, 0.25) is 0 Å². The van der Waals surface area contributed by atoms with Crippen molar-refractivity contribution in [2.75, 3.05) is 27.2 Å². The standard InChI is InChI=1S/C42H36F2N4O2/c1-45(25-27-21-29(43)23-39(41(27)49)47-35-15-7-3-11-31(35)32-12-4-8-16-36(32)47)19-20-46(2)26-28-22-30(44)24-40(42(28)50)48-37-17-9-5-13-33(37)34-14-6-10-18-38(34)48/h3-18,21-24,49-50H,19-20,25-26H2,1-2H3. The summed E-state index contributed by atoms with van der Waals surface area (Å²) in [6, 6.07) is 37.2. The van der Waals surface area contributed by atoms with Crippen LogP contribution in [0.1, 0.15) is 11.1 Å². The molecular formula is C42H36F2N4O2. The minimum Gasteiger partial charge on any atom is -0.505 e. The number of rotatable bonds is 9. The highest BCUT2D eigenvalue weighted by Gasteiger charge is 2.21. The molecule has 0 atom stereocenters. The number of fused-ring (bicyclic) bond motifs is 6. The van der Waals surface area contributed by atoms with Gasteiger partial charge in [0.1, 0.15) is 23.1 Å².